The first-order chi connectivity index (χ1) is 9.38. The molecule has 5 heteroatoms. The van der Waals surface area contributed by atoms with Crippen molar-refractivity contribution in [3.63, 3.8) is 0 Å². The van der Waals surface area contributed by atoms with E-state index in [0.29, 0.717) is 12.8 Å². The van der Waals surface area contributed by atoms with Crippen LogP contribution in [0.25, 0.3) is 0 Å². The highest BCUT2D eigenvalue weighted by molar-refractivity contribution is 5.80. The number of carbonyl (C=O) groups excluding carboxylic acids is 2. The molecule has 0 heterocycles. The second kappa shape index (κ2) is 7.25. The number of hydrogen-bond acceptors (Lipinski definition) is 5. The van der Waals surface area contributed by atoms with Crippen LogP contribution < -0.4 is 0 Å². The van der Waals surface area contributed by atoms with Gasteiger partial charge in [0.05, 0.1) is 17.4 Å². The molecule has 0 saturated heterocycles. The highest BCUT2D eigenvalue weighted by atomic mass is 16.6. The van der Waals surface area contributed by atoms with E-state index >= 15 is 0 Å². The Kier molecular flexibility index (Phi) is 6.87. The molecule has 0 aliphatic carbocycles. The van der Waals surface area contributed by atoms with Gasteiger partial charge in [0.2, 0.25) is 0 Å². The first-order valence-corrected chi connectivity index (χ1v) is 7.39. The van der Waals surface area contributed by atoms with E-state index in [4.69, 9.17) is 14.6 Å². The molecule has 1 N–H and O–H groups in total. The van der Waals surface area contributed by atoms with Gasteiger partial charge in [-0.15, -0.1) is 0 Å². The minimum absolute atomic E-state index is 0.0302. The molecule has 0 spiro atoms. The summed E-state index contributed by atoms with van der Waals surface area (Å²) in [5.74, 6) is -0.722. The molecule has 0 aliphatic rings. The summed E-state index contributed by atoms with van der Waals surface area (Å²) in [5, 5.41) is 8.72. The summed E-state index contributed by atoms with van der Waals surface area (Å²) in [4.78, 5) is 24.5. The van der Waals surface area contributed by atoms with E-state index in [-0.39, 0.29) is 19.2 Å². The third-order valence-corrected chi connectivity index (χ3v) is 3.38. The van der Waals surface area contributed by atoms with Gasteiger partial charge in [-0.05, 0) is 54.4 Å². The molecule has 1 atom stereocenters. The lowest BCUT2D eigenvalue weighted by Gasteiger charge is -2.35. The summed E-state index contributed by atoms with van der Waals surface area (Å²) in [6.45, 7) is 12.4. The lowest BCUT2D eigenvalue weighted by molar-refractivity contribution is -0.171. The minimum Gasteiger partial charge on any atom is -0.463 e. The first-order valence-electron chi connectivity index (χ1n) is 7.39. The summed E-state index contributed by atoms with van der Waals surface area (Å²) in [6.07, 6.45) is 0.897. The van der Waals surface area contributed by atoms with E-state index in [1.807, 2.05) is 34.6 Å². The van der Waals surface area contributed by atoms with Gasteiger partial charge in [0, 0.05) is 0 Å². The molecule has 21 heavy (non-hydrogen) atoms. The fraction of sp³-hybridized carbons (Fsp3) is 0.875. The molecule has 5 nitrogen and oxygen atoms in total. The maximum atomic E-state index is 12.4. The zero-order valence-corrected chi connectivity index (χ0v) is 14.4. The van der Waals surface area contributed by atoms with Crippen LogP contribution in [0.5, 0.6) is 0 Å². The van der Waals surface area contributed by atoms with E-state index in [1.54, 1.807) is 13.8 Å². The molecule has 0 bridgehead atoms. The number of aliphatic hydroxyl groups is 1. The molecule has 0 rings (SSSR count). The quantitative estimate of drug-likeness (QED) is 0.732. The van der Waals surface area contributed by atoms with Gasteiger partial charge in [0.15, 0.2) is 0 Å². The van der Waals surface area contributed by atoms with Crippen molar-refractivity contribution in [2.75, 3.05) is 13.2 Å². The smallest absolute Gasteiger partial charge is 0.312 e. The molecule has 0 saturated carbocycles. The topological polar surface area (TPSA) is 72.8 Å². The zero-order chi connectivity index (χ0) is 16.9. The number of carbonyl (C=O) groups is 2. The predicted molar refractivity (Wildman–Crippen MR) is 80.7 cm³/mol. The summed E-state index contributed by atoms with van der Waals surface area (Å²) < 4.78 is 10.5. The Hall–Kier alpha value is -1.10. The molecule has 0 amide bonds. The van der Waals surface area contributed by atoms with Crippen LogP contribution >= 0.6 is 0 Å². The fourth-order valence-corrected chi connectivity index (χ4v) is 2.12. The number of esters is 2. The van der Waals surface area contributed by atoms with Crippen molar-refractivity contribution < 1.29 is 24.2 Å². The van der Waals surface area contributed by atoms with Crippen molar-refractivity contribution in [1.29, 1.82) is 0 Å². The third kappa shape index (κ3) is 6.46. The third-order valence-electron chi connectivity index (χ3n) is 3.38. The maximum Gasteiger partial charge on any atom is 0.312 e. The second-order valence-electron chi connectivity index (χ2n) is 7.34. The van der Waals surface area contributed by atoms with E-state index < -0.39 is 22.4 Å². The van der Waals surface area contributed by atoms with Gasteiger partial charge in [-0.25, -0.2) is 0 Å². The lowest BCUT2D eigenvalue weighted by atomic mass is 9.72. The molecule has 0 aromatic carbocycles. The average molecular weight is 302 g/mol. The Balaban J connectivity index is 5.02. The number of hydrogen-bond donors (Lipinski definition) is 1. The minimum atomic E-state index is -0.823. The van der Waals surface area contributed by atoms with Gasteiger partial charge in [0.25, 0.3) is 0 Å². The summed E-state index contributed by atoms with van der Waals surface area (Å²) in [6, 6.07) is 0. The van der Waals surface area contributed by atoms with Crippen molar-refractivity contribution >= 4 is 11.9 Å². The monoisotopic (exact) mass is 302 g/mol. The van der Waals surface area contributed by atoms with Crippen molar-refractivity contribution in [2.45, 2.75) is 66.9 Å². The van der Waals surface area contributed by atoms with Gasteiger partial charge in [-0.1, -0.05) is 6.92 Å². The molecular formula is C16H30O5. The van der Waals surface area contributed by atoms with Gasteiger partial charge in [0.1, 0.15) is 12.2 Å². The Bertz CT molecular complexity index is 367. The van der Waals surface area contributed by atoms with Gasteiger partial charge in [-0.3, -0.25) is 9.59 Å². The molecule has 0 fully saturated rings. The van der Waals surface area contributed by atoms with Crippen LogP contribution in [0, 0.1) is 10.8 Å². The zero-order valence-electron chi connectivity index (χ0n) is 14.4. The Morgan fingerprint density at radius 1 is 1.00 bits per heavy atom. The fourth-order valence-electron chi connectivity index (χ4n) is 2.12. The van der Waals surface area contributed by atoms with Crippen molar-refractivity contribution in [3.05, 3.63) is 0 Å². The van der Waals surface area contributed by atoms with E-state index in [2.05, 4.69) is 0 Å². The Morgan fingerprint density at radius 3 is 1.90 bits per heavy atom. The van der Waals surface area contributed by atoms with Crippen molar-refractivity contribution in [2.24, 2.45) is 10.8 Å². The standard InChI is InChI=1S/C16H30O5/c1-8-16(7,13(19)21-14(2,3)4)11-15(5,6)12(18)20-10-9-17/h17H,8-11H2,1-7H3. The van der Waals surface area contributed by atoms with E-state index in [1.165, 1.54) is 0 Å². The van der Waals surface area contributed by atoms with Crippen LogP contribution in [0.2, 0.25) is 0 Å². The van der Waals surface area contributed by atoms with E-state index in [0.717, 1.165) is 0 Å². The number of ether oxygens (including phenoxy) is 2. The highest BCUT2D eigenvalue weighted by Crippen LogP contribution is 2.39. The number of aliphatic hydroxyl groups excluding tert-OH is 1. The Morgan fingerprint density at radius 2 is 1.52 bits per heavy atom. The molecular weight excluding hydrogens is 272 g/mol. The molecule has 124 valence electrons. The van der Waals surface area contributed by atoms with Gasteiger partial charge in [-0.2, -0.15) is 0 Å². The van der Waals surface area contributed by atoms with Crippen LogP contribution in [0.1, 0.15) is 61.3 Å². The SMILES string of the molecule is CCC(C)(CC(C)(C)C(=O)OCCO)C(=O)OC(C)(C)C. The molecule has 1 unspecified atom stereocenters. The second-order valence-corrected chi connectivity index (χ2v) is 7.34. The van der Waals surface area contributed by atoms with Crippen molar-refractivity contribution in [3.8, 4) is 0 Å². The van der Waals surface area contributed by atoms with Gasteiger partial charge >= 0.3 is 11.9 Å². The predicted octanol–water partition coefficient (Wildman–Crippen LogP) is 2.70. The number of rotatable bonds is 7. The van der Waals surface area contributed by atoms with Crippen molar-refractivity contribution in [1.82, 2.24) is 0 Å². The maximum absolute atomic E-state index is 12.4. The molecule has 0 aromatic rings. The lowest BCUT2D eigenvalue weighted by Crippen LogP contribution is -2.41. The van der Waals surface area contributed by atoms with Crippen LogP contribution in [0.15, 0.2) is 0 Å². The van der Waals surface area contributed by atoms with E-state index in [9.17, 15) is 9.59 Å². The Labute approximate surface area is 128 Å². The average Bonchev–Trinajstić information content (AvgIpc) is 2.32. The normalized spacial score (nSPS) is 15.2. The van der Waals surface area contributed by atoms with Crippen LogP contribution in [-0.4, -0.2) is 35.9 Å². The van der Waals surface area contributed by atoms with Crippen LogP contribution in [-0.2, 0) is 19.1 Å². The van der Waals surface area contributed by atoms with Crippen LogP contribution in [0.4, 0.5) is 0 Å². The highest BCUT2D eigenvalue weighted by Gasteiger charge is 2.43. The summed E-state index contributed by atoms with van der Waals surface area (Å²) >= 11 is 0. The summed E-state index contributed by atoms with van der Waals surface area (Å²) in [7, 11) is 0. The van der Waals surface area contributed by atoms with Crippen LogP contribution in [0.3, 0.4) is 0 Å². The molecule has 0 radical (unpaired) electrons. The molecule has 0 aromatic heterocycles. The molecule has 0 aliphatic heterocycles. The largest absolute Gasteiger partial charge is 0.463 e. The summed E-state index contributed by atoms with van der Waals surface area (Å²) in [5.41, 5.74) is -2.14. The van der Waals surface area contributed by atoms with Gasteiger partial charge < -0.3 is 14.6 Å². The first kappa shape index (κ1) is 19.9.